The highest BCUT2D eigenvalue weighted by molar-refractivity contribution is 7.17. The molecule has 0 bridgehead atoms. The SMILES string of the molecule is Cc1nn(CCCC(=O)NCCc2ccccc2)c(=O)c2cc3sccc3n12. The van der Waals surface area contributed by atoms with Gasteiger partial charge >= 0.3 is 0 Å². The first-order chi connectivity index (χ1) is 13.6. The van der Waals surface area contributed by atoms with E-state index in [4.69, 9.17) is 0 Å². The Kier molecular flexibility index (Phi) is 5.25. The molecule has 3 heterocycles. The molecule has 0 atom stereocenters. The first-order valence-corrected chi connectivity index (χ1v) is 10.3. The third-order valence-electron chi connectivity index (χ3n) is 4.82. The van der Waals surface area contributed by atoms with Crippen molar-refractivity contribution in [3.8, 4) is 0 Å². The minimum atomic E-state index is -0.113. The molecule has 3 aromatic heterocycles. The topological polar surface area (TPSA) is 68.4 Å². The molecule has 7 heteroatoms. The molecule has 0 aliphatic heterocycles. The lowest BCUT2D eigenvalue weighted by atomic mass is 10.1. The number of fused-ring (bicyclic) bond motifs is 3. The fourth-order valence-corrected chi connectivity index (χ4v) is 4.25. The Bertz CT molecular complexity index is 1170. The average Bonchev–Trinajstić information content (AvgIpc) is 3.28. The lowest BCUT2D eigenvalue weighted by molar-refractivity contribution is -0.121. The molecular weight excluding hydrogens is 372 g/mol. The van der Waals surface area contributed by atoms with Gasteiger partial charge in [-0.25, -0.2) is 4.68 Å². The molecule has 1 amide bonds. The van der Waals surface area contributed by atoms with Gasteiger partial charge in [-0.15, -0.1) is 11.3 Å². The van der Waals surface area contributed by atoms with Gasteiger partial charge in [0.1, 0.15) is 11.3 Å². The molecular formula is C21H22N4O2S. The number of aromatic nitrogens is 3. The van der Waals surface area contributed by atoms with Gasteiger partial charge in [-0.1, -0.05) is 30.3 Å². The van der Waals surface area contributed by atoms with Gasteiger partial charge in [0.2, 0.25) is 5.91 Å². The Morgan fingerprint density at radius 2 is 2.00 bits per heavy atom. The zero-order valence-electron chi connectivity index (χ0n) is 15.7. The number of thiophene rings is 1. The Morgan fingerprint density at radius 3 is 2.82 bits per heavy atom. The minimum Gasteiger partial charge on any atom is -0.356 e. The summed E-state index contributed by atoms with van der Waals surface area (Å²) >= 11 is 1.61. The molecule has 0 fully saturated rings. The first kappa shape index (κ1) is 18.4. The molecule has 1 aromatic carbocycles. The summed E-state index contributed by atoms with van der Waals surface area (Å²) in [6, 6.07) is 14.0. The van der Waals surface area contributed by atoms with E-state index in [9.17, 15) is 9.59 Å². The predicted molar refractivity (Wildman–Crippen MR) is 112 cm³/mol. The molecule has 0 aliphatic rings. The molecule has 6 nitrogen and oxygen atoms in total. The van der Waals surface area contributed by atoms with Crippen molar-refractivity contribution in [3.63, 3.8) is 0 Å². The molecule has 0 spiro atoms. The Balaban J connectivity index is 1.34. The lowest BCUT2D eigenvalue weighted by Gasteiger charge is -2.09. The van der Waals surface area contributed by atoms with Crippen LogP contribution in [0.15, 0.2) is 52.6 Å². The second kappa shape index (κ2) is 7.98. The summed E-state index contributed by atoms with van der Waals surface area (Å²) < 4.78 is 4.46. The lowest BCUT2D eigenvalue weighted by Crippen LogP contribution is -2.28. The minimum absolute atomic E-state index is 0.00461. The van der Waals surface area contributed by atoms with Crippen LogP contribution in [0.2, 0.25) is 0 Å². The molecule has 4 rings (SSSR count). The van der Waals surface area contributed by atoms with E-state index in [1.165, 1.54) is 10.2 Å². The monoisotopic (exact) mass is 394 g/mol. The van der Waals surface area contributed by atoms with Crippen LogP contribution in [0.3, 0.4) is 0 Å². The quantitative estimate of drug-likeness (QED) is 0.524. The van der Waals surface area contributed by atoms with Crippen LogP contribution >= 0.6 is 11.3 Å². The van der Waals surface area contributed by atoms with E-state index in [2.05, 4.69) is 22.5 Å². The van der Waals surface area contributed by atoms with Crippen LogP contribution in [-0.2, 0) is 17.8 Å². The van der Waals surface area contributed by atoms with Gasteiger partial charge in [0.25, 0.3) is 5.56 Å². The second-order valence-corrected chi connectivity index (χ2v) is 7.75. The number of nitrogens with one attached hydrogen (secondary N) is 1. The van der Waals surface area contributed by atoms with E-state index >= 15 is 0 Å². The van der Waals surface area contributed by atoms with Crippen molar-refractivity contribution in [2.24, 2.45) is 0 Å². The third kappa shape index (κ3) is 3.71. The summed E-state index contributed by atoms with van der Waals surface area (Å²) in [5, 5.41) is 9.39. The summed E-state index contributed by atoms with van der Waals surface area (Å²) in [6.45, 7) is 2.95. The highest BCUT2D eigenvalue weighted by Gasteiger charge is 2.13. The summed E-state index contributed by atoms with van der Waals surface area (Å²) in [6.07, 6.45) is 1.77. The fraction of sp³-hybridized carbons (Fsp3) is 0.286. The predicted octanol–water partition coefficient (Wildman–Crippen LogP) is 3.16. The highest BCUT2D eigenvalue weighted by Crippen LogP contribution is 2.24. The van der Waals surface area contributed by atoms with Gasteiger partial charge in [0.15, 0.2) is 0 Å². The smallest absolute Gasteiger partial charge is 0.291 e. The second-order valence-electron chi connectivity index (χ2n) is 6.80. The summed E-state index contributed by atoms with van der Waals surface area (Å²) in [5.74, 6) is 0.778. The van der Waals surface area contributed by atoms with Crippen LogP contribution < -0.4 is 10.9 Å². The molecule has 4 aromatic rings. The highest BCUT2D eigenvalue weighted by atomic mass is 32.1. The zero-order chi connectivity index (χ0) is 19.5. The number of hydrogen-bond acceptors (Lipinski definition) is 4. The fourth-order valence-electron chi connectivity index (χ4n) is 3.45. The zero-order valence-corrected chi connectivity index (χ0v) is 16.5. The van der Waals surface area contributed by atoms with E-state index in [-0.39, 0.29) is 11.5 Å². The number of carbonyl (C=O) groups is 1. The maximum absolute atomic E-state index is 12.7. The van der Waals surface area contributed by atoms with Gasteiger partial charge in [-0.2, -0.15) is 5.10 Å². The average molecular weight is 395 g/mol. The summed E-state index contributed by atoms with van der Waals surface area (Å²) in [4.78, 5) is 24.8. The molecule has 0 unspecified atom stereocenters. The Hall–Kier alpha value is -2.93. The summed E-state index contributed by atoms with van der Waals surface area (Å²) in [7, 11) is 0. The molecule has 1 N–H and O–H groups in total. The van der Waals surface area contributed by atoms with Crippen molar-refractivity contribution in [1.29, 1.82) is 0 Å². The maximum Gasteiger partial charge on any atom is 0.291 e. The van der Waals surface area contributed by atoms with E-state index in [0.29, 0.717) is 31.4 Å². The van der Waals surface area contributed by atoms with Gasteiger partial charge in [-0.05, 0) is 42.8 Å². The van der Waals surface area contributed by atoms with E-state index in [1.54, 1.807) is 11.3 Å². The van der Waals surface area contributed by atoms with Crippen LogP contribution in [0.25, 0.3) is 15.7 Å². The van der Waals surface area contributed by atoms with Crippen LogP contribution in [0.4, 0.5) is 0 Å². The van der Waals surface area contributed by atoms with Gasteiger partial charge in [-0.3, -0.25) is 14.0 Å². The van der Waals surface area contributed by atoms with Gasteiger partial charge in [0.05, 0.1) is 10.2 Å². The van der Waals surface area contributed by atoms with Crippen LogP contribution in [0.5, 0.6) is 0 Å². The van der Waals surface area contributed by atoms with Crippen molar-refractivity contribution in [1.82, 2.24) is 19.5 Å². The van der Waals surface area contributed by atoms with Crippen molar-refractivity contribution < 1.29 is 4.79 Å². The molecule has 0 radical (unpaired) electrons. The number of nitrogens with zero attached hydrogens (tertiary/aromatic N) is 3. The van der Waals surface area contributed by atoms with Crippen molar-refractivity contribution in [2.75, 3.05) is 6.54 Å². The maximum atomic E-state index is 12.7. The van der Waals surface area contributed by atoms with Crippen molar-refractivity contribution >= 4 is 33.0 Å². The molecule has 28 heavy (non-hydrogen) atoms. The Morgan fingerprint density at radius 1 is 1.18 bits per heavy atom. The van der Waals surface area contributed by atoms with Crippen LogP contribution in [-0.4, -0.2) is 26.6 Å². The number of carbonyl (C=O) groups excluding carboxylic acids is 1. The Labute approximate surface area is 166 Å². The number of benzene rings is 1. The van der Waals surface area contributed by atoms with E-state index in [1.807, 2.05) is 47.0 Å². The van der Waals surface area contributed by atoms with Gasteiger partial charge < -0.3 is 5.32 Å². The van der Waals surface area contributed by atoms with E-state index in [0.717, 1.165) is 22.5 Å². The van der Waals surface area contributed by atoms with Crippen LogP contribution in [0, 0.1) is 6.92 Å². The summed E-state index contributed by atoms with van der Waals surface area (Å²) in [5.41, 5.74) is 2.75. The number of aryl methyl sites for hydroxylation is 2. The normalized spacial score (nSPS) is 11.3. The number of rotatable bonds is 7. The number of amides is 1. The molecule has 0 aliphatic carbocycles. The van der Waals surface area contributed by atoms with Crippen molar-refractivity contribution in [3.05, 3.63) is 69.6 Å². The molecule has 144 valence electrons. The number of hydrogen-bond donors (Lipinski definition) is 1. The van der Waals surface area contributed by atoms with Crippen LogP contribution in [0.1, 0.15) is 24.2 Å². The molecule has 0 saturated heterocycles. The third-order valence-corrected chi connectivity index (χ3v) is 5.67. The van der Waals surface area contributed by atoms with Crippen molar-refractivity contribution in [2.45, 2.75) is 32.7 Å². The standard InChI is InChI=1S/C21H22N4O2S/c1-15-23-24(21(27)18-14-19-17(25(15)18)10-13-28-19)12-5-8-20(26)22-11-9-16-6-3-2-4-7-16/h2-4,6-7,10,13-14H,5,8-9,11-12H2,1H3,(H,22,26). The van der Waals surface area contributed by atoms with Gasteiger partial charge in [0, 0.05) is 19.5 Å². The first-order valence-electron chi connectivity index (χ1n) is 9.40. The van der Waals surface area contributed by atoms with E-state index < -0.39 is 0 Å². The largest absolute Gasteiger partial charge is 0.356 e. The molecule has 0 saturated carbocycles.